The lowest BCUT2D eigenvalue weighted by molar-refractivity contribution is -0.274. The molecule has 0 amide bonds. The Kier molecular flexibility index (Phi) is 5.94. The van der Waals surface area contributed by atoms with Crippen LogP contribution in [0.4, 0.5) is 35.1 Å². The van der Waals surface area contributed by atoms with Crippen molar-refractivity contribution in [2.24, 2.45) is 0 Å². The molecule has 5 nitrogen and oxygen atoms in total. The molecule has 178 valence electrons. The molecule has 0 radical (unpaired) electrons. The van der Waals surface area contributed by atoms with Gasteiger partial charge in [-0.1, -0.05) is 12.1 Å². The standard InChI is InChI=1S/C19H12F8N2O3S/c1-8-3-4-9(5-13(8)32-19(25,26)27)15-16(29-17(28-15)18(22,23)24)10-6-12(21)14(7-11(10)20)33(2,30)31/h3-7H,1-2H3,(H,28,29). The van der Waals surface area contributed by atoms with Crippen LogP contribution in [0.5, 0.6) is 5.75 Å². The minimum Gasteiger partial charge on any atom is -0.405 e. The number of rotatable bonds is 4. The summed E-state index contributed by atoms with van der Waals surface area (Å²) in [5.41, 5.74) is -2.58. The maximum absolute atomic E-state index is 14.7. The molecule has 0 saturated heterocycles. The fourth-order valence-electron chi connectivity index (χ4n) is 2.90. The molecule has 3 aromatic rings. The van der Waals surface area contributed by atoms with Gasteiger partial charge in [0.15, 0.2) is 9.84 Å². The smallest absolute Gasteiger partial charge is 0.405 e. The van der Waals surface area contributed by atoms with Gasteiger partial charge in [0, 0.05) is 17.4 Å². The lowest BCUT2D eigenvalue weighted by Gasteiger charge is -2.13. The third-order valence-electron chi connectivity index (χ3n) is 4.35. The van der Waals surface area contributed by atoms with Crippen molar-refractivity contribution in [3.05, 3.63) is 53.4 Å². The first kappa shape index (κ1) is 24.5. The van der Waals surface area contributed by atoms with Gasteiger partial charge in [-0.15, -0.1) is 13.2 Å². The largest absolute Gasteiger partial charge is 0.573 e. The molecule has 0 fully saturated rings. The summed E-state index contributed by atoms with van der Waals surface area (Å²) in [6, 6.07) is 3.60. The highest BCUT2D eigenvalue weighted by molar-refractivity contribution is 7.90. The van der Waals surface area contributed by atoms with Crippen molar-refractivity contribution in [3.63, 3.8) is 0 Å². The average Bonchev–Trinajstić information content (AvgIpc) is 3.08. The van der Waals surface area contributed by atoms with E-state index < -0.39 is 67.4 Å². The monoisotopic (exact) mass is 500 g/mol. The van der Waals surface area contributed by atoms with Crippen LogP contribution in [0.1, 0.15) is 11.4 Å². The zero-order chi connectivity index (χ0) is 24.9. The van der Waals surface area contributed by atoms with Gasteiger partial charge >= 0.3 is 12.5 Å². The number of alkyl halides is 6. The Bertz CT molecular complexity index is 1330. The first-order valence-electron chi connectivity index (χ1n) is 8.71. The Balaban J connectivity index is 2.27. The van der Waals surface area contributed by atoms with E-state index in [1.54, 1.807) is 0 Å². The predicted molar refractivity (Wildman–Crippen MR) is 98.9 cm³/mol. The summed E-state index contributed by atoms with van der Waals surface area (Å²) in [5, 5.41) is 0. The van der Waals surface area contributed by atoms with Crippen molar-refractivity contribution in [1.82, 2.24) is 9.97 Å². The highest BCUT2D eigenvalue weighted by Gasteiger charge is 2.37. The van der Waals surface area contributed by atoms with Gasteiger partial charge in [0.2, 0.25) is 5.82 Å². The molecule has 1 aromatic heterocycles. The summed E-state index contributed by atoms with van der Waals surface area (Å²) >= 11 is 0. The number of aromatic nitrogens is 2. The molecule has 0 aliphatic carbocycles. The van der Waals surface area contributed by atoms with Crippen LogP contribution in [0, 0.1) is 18.6 Å². The topological polar surface area (TPSA) is 72.0 Å². The lowest BCUT2D eigenvalue weighted by Crippen LogP contribution is -2.17. The molecule has 0 aliphatic heterocycles. The number of nitrogens with zero attached hydrogens (tertiary/aromatic N) is 1. The first-order valence-corrected chi connectivity index (χ1v) is 10.6. The van der Waals surface area contributed by atoms with Gasteiger partial charge in [0.1, 0.15) is 22.3 Å². The second-order valence-electron chi connectivity index (χ2n) is 6.87. The number of sulfone groups is 1. The van der Waals surface area contributed by atoms with Gasteiger partial charge in [-0.3, -0.25) is 0 Å². The molecule has 0 bridgehead atoms. The van der Waals surface area contributed by atoms with Gasteiger partial charge in [-0.05, 0) is 30.7 Å². The lowest BCUT2D eigenvalue weighted by atomic mass is 10.0. The van der Waals surface area contributed by atoms with E-state index in [4.69, 9.17) is 0 Å². The van der Waals surface area contributed by atoms with Crippen molar-refractivity contribution < 1.29 is 48.3 Å². The van der Waals surface area contributed by atoms with Crippen molar-refractivity contribution in [2.75, 3.05) is 6.26 Å². The summed E-state index contributed by atoms with van der Waals surface area (Å²) in [4.78, 5) is 4.07. The minimum absolute atomic E-state index is 0.0112. The predicted octanol–water partition coefficient (Wildman–Crippen LogP) is 5.65. The maximum atomic E-state index is 14.7. The van der Waals surface area contributed by atoms with Crippen LogP contribution in [-0.2, 0) is 16.0 Å². The van der Waals surface area contributed by atoms with E-state index in [2.05, 4.69) is 9.72 Å². The Morgan fingerprint density at radius 1 is 0.970 bits per heavy atom. The highest BCUT2D eigenvalue weighted by atomic mass is 32.2. The first-order chi connectivity index (χ1) is 15.0. The van der Waals surface area contributed by atoms with E-state index >= 15 is 0 Å². The van der Waals surface area contributed by atoms with Crippen LogP contribution < -0.4 is 4.74 Å². The summed E-state index contributed by atoms with van der Waals surface area (Å²) < 4.78 is 134. The van der Waals surface area contributed by atoms with Crippen molar-refractivity contribution in [2.45, 2.75) is 24.4 Å². The number of aromatic amines is 1. The van der Waals surface area contributed by atoms with Gasteiger partial charge in [-0.25, -0.2) is 22.2 Å². The number of benzene rings is 2. The molecule has 2 aromatic carbocycles. The number of H-pyrrole nitrogens is 1. The Morgan fingerprint density at radius 3 is 2.15 bits per heavy atom. The quantitative estimate of drug-likeness (QED) is 0.470. The third-order valence-corrected chi connectivity index (χ3v) is 5.46. The van der Waals surface area contributed by atoms with E-state index in [-0.39, 0.29) is 17.2 Å². The van der Waals surface area contributed by atoms with Crippen LogP contribution in [0.15, 0.2) is 35.2 Å². The van der Waals surface area contributed by atoms with Crippen molar-refractivity contribution in [3.8, 4) is 28.3 Å². The summed E-state index contributed by atoms with van der Waals surface area (Å²) in [6.45, 7) is 1.25. The molecule has 0 atom stereocenters. The maximum Gasteiger partial charge on any atom is 0.573 e. The number of aryl methyl sites for hydroxylation is 1. The fraction of sp³-hybridized carbons (Fsp3) is 0.211. The molecular formula is C19H12F8N2O3S. The second-order valence-corrected chi connectivity index (χ2v) is 8.85. The zero-order valence-electron chi connectivity index (χ0n) is 16.5. The molecule has 0 aliphatic rings. The van der Waals surface area contributed by atoms with Crippen LogP contribution in [0.2, 0.25) is 0 Å². The Labute approximate surface area is 180 Å². The number of halogens is 8. The van der Waals surface area contributed by atoms with Gasteiger partial charge in [0.05, 0.1) is 11.4 Å². The average molecular weight is 500 g/mol. The van der Waals surface area contributed by atoms with Crippen LogP contribution in [-0.4, -0.2) is 31.0 Å². The number of ether oxygens (including phenoxy) is 1. The number of nitrogens with one attached hydrogen (secondary N) is 1. The van der Waals surface area contributed by atoms with Crippen LogP contribution >= 0.6 is 0 Å². The summed E-state index contributed by atoms with van der Waals surface area (Å²) in [5.74, 6) is -5.26. The van der Waals surface area contributed by atoms with E-state index in [1.165, 1.54) is 6.92 Å². The zero-order valence-corrected chi connectivity index (χ0v) is 17.3. The molecule has 0 unspecified atom stereocenters. The summed E-state index contributed by atoms with van der Waals surface area (Å²) in [6.07, 6.45) is -9.58. The normalized spacial score (nSPS) is 12.8. The van der Waals surface area contributed by atoms with Crippen molar-refractivity contribution in [1.29, 1.82) is 0 Å². The summed E-state index contributed by atoms with van der Waals surface area (Å²) in [7, 11) is -4.21. The van der Waals surface area contributed by atoms with Crippen LogP contribution in [0.3, 0.4) is 0 Å². The second kappa shape index (κ2) is 8.01. The van der Waals surface area contributed by atoms with Crippen molar-refractivity contribution >= 4 is 9.84 Å². The molecule has 0 spiro atoms. The Hall–Kier alpha value is -3.16. The molecule has 1 heterocycles. The minimum atomic E-state index is -5.10. The Morgan fingerprint density at radius 2 is 1.61 bits per heavy atom. The SMILES string of the molecule is Cc1ccc(-c2[nH]c(C(F)(F)F)nc2-c2cc(F)c(S(C)(=O)=O)cc2F)cc1OC(F)(F)F. The highest BCUT2D eigenvalue weighted by Crippen LogP contribution is 2.39. The molecule has 33 heavy (non-hydrogen) atoms. The number of hydrogen-bond donors (Lipinski definition) is 1. The number of hydrogen-bond acceptors (Lipinski definition) is 4. The van der Waals surface area contributed by atoms with E-state index in [9.17, 15) is 43.5 Å². The van der Waals surface area contributed by atoms with Gasteiger partial charge in [0.25, 0.3) is 0 Å². The molecule has 3 rings (SSSR count). The van der Waals surface area contributed by atoms with Crippen LogP contribution in [0.25, 0.3) is 22.5 Å². The van der Waals surface area contributed by atoms with E-state index in [0.717, 1.165) is 18.2 Å². The number of imidazole rings is 1. The van der Waals surface area contributed by atoms with E-state index in [1.807, 2.05) is 4.98 Å². The van der Waals surface area contributed by atoms with Gasteiger partial charge < -0.3 is 9.72 Å². The fourth-order valence-corrected chi connectivity index (χ4v) is 3.63. The molecule has 14 heteroatoms. The molecule has 0 saturated carbocycles. The van der Waals surface area contributed by atoms with Gasteiger partial charge in [-0.2, -0.15) is 13.2 Å². The third kappa shape index (κ3) is 5.26. The molecular weight excluding hydrogens is 488 g/mol. The molecule has 1 N–H and O–H groups in total. The van der Waals surface area contributed by atoms with E-state index in [0.29, 0.717) is 12.3 Å².